The molecule has 0 atom stereocenters. The third-order valence-corrected chi connectivity index (χ3v) is 3.47. The van der Waals surface area contributed by atoms with Crippen molar-refractivity contribution >= 4 is 29.2 Å². The fourth-order valence-corrected chi connectivity index (χ4v) is 2.30. The molecule has 0 aliphatic rings. The van der Waals surface area contributed by atoms with E-state index in [2.05, 4.69) is 5.16 Å². The molecule has 1 aromatic carbocycles. The molecule has 24 heavy (non-hydrogen) atoms. The minimum absolute atomic E-state index is 0.0409. The van der Waals surface area contributed by atoms with Gasteiger partial charge in [-0.15, -0.1) is 0 Å². The standard InChI is InChI=1S/C16H11Cl2NO5/c17-10-3-4-13(12(18)6-10)22-9-16(20)23-8-11-7-15(24-19-11)14-2-1-5-21-14/h1-7H,8-9H2. The number of carbonyl (C=O) groups excluding carboxylic acids is 1. The van der Waals surface area contributed by atoms with Crippen LogP contribution in [0.1, 0.15) is 5.69 Å². The second kappa shape index (κ2) is 7.42. The number of nitrogens with zero attached hydrogens (tertiary/aromatic N) is 1. The molecule has 0 aliphatic heterocycles. The third kappa shape index (κ3) is 4.10. The normalized spacial score (nSPS) is 10.6. The Kier molecular flexibility index (Phi) is 5.08. The van der Waals surface area contributed by atoms with E-state index >= 15 is 0 Å². The van der Waals surface area contributed by atoms with Gasteiger partial charge in [-0.1, -0.05) is 28.4 Å². The van der Waals surface area contributed by atoms with Crippen LogP contribution in [0.15, 0.2) is 51.6 Å². The Bertz CT molecular complexity index is 829. The topological polar surface area (TPSA) is 74.7 Å². The minimum atomic E-state index is -0.566. The zero-order valence-electron chi connectivity index (χ0n) is 12.2. The largest absolute Gasteiger partial charge is 0.480 e. The summed E-state index contributed by atoms with van der Waals surface area (Å²) < 4.78 is 20.6. The summed E-state index contributed by atoms with van der Waals surface area (Å²) in [4.78, 5) is 11.7. The van der Waals surface area contributed by atoms with Crippen molar-refractivity contribution in [2.45, 2.75) is 6.61 Å². The molecular weight excluding hydrogens is 357 g/mol. The van der Waals surface area contributed by atoms with E-state index in [9.17, 15) is 4.79 Å². The number of furan rings is 1. The lowest BCUT2D eigenvalue weighted by molar-refractivity contribution is -0.147. The summed E-state index contributed by atoms with van der Waals surface area (Å²) in [6.07, 6.45) is 1.52. The first-order valence-electron chi connectivity index (χ1n) is 6.85. The Morgan fingerprint density at radius 3 is 2.79 bits per heavy atom. The Labute approximate surface area is 146 Å². The highest BCUT2D eigenvalue weighted by Crippen LogP contribution is 2.27. The summed E-state index contributed by atoms with van der Waals surface area (Å²) in [5.41, 5.74) is 0.458. The first-order valence-corrected chi connectivity index (χ1v) is 7.60. The molecular formula is C16H11Cl2NO5. The highest BCUT2D eigenvalue weighted by Gasteiger charge is 2.12. The molecule has 0 saturated carbocycles. The van der Waals surface area contributed by atoms with Crippen molar-refractivity contribution in [2.24, 2.45) is 0 Å². The number of ether oxygens (including phenoxy) is 2. The molecule has 2 aromatic heterocycles. The quantitative estimate of drug-likeness (QED) is 0.602. The van der Waals surface area contributed by atoms with Gasteiger partial charge in [-0.25, -0.2) is 4.79 Å². The molecule has 0 bridgehead atoms. The average Bonchev–Trinajstić information content (AvgIpc) is 3.23. The maximum atomic E-state index is 11.7. The Hall–Kier alpha value is -2.44. The molecule has 6 nitrogen and oxygen atoms in total. The lowest BCUT2D eigenvalue weighted by Crippen LogP contribution is -2.15. The number of carbonyl (C=O) groups is 1. The molecule has 0 aliphatic carbocycles. The summed E-state index contributed by atoms with van der Waals surface area (Å²) in [6, 6.07) is 9.81. The van der Waals surface area contributed by atoms with Crippen LogP contribution >= 0.6 is 23.2 Å². The van der Waals surface area contributed by atoms with Crippen molar-refractivity contribution < 1.29 is 23.2 Å². The van der Waals surface area contributed by atoms with Gasteiger partial charge in [-0.3, -0.25) is 0 Å². The average molecular weight is 368 g/mol. The summed E-state index contributed by atoms with van der Waals surface area (Å²) in [5, 5.41) is 4.59. The lowest BCUT2D eigenvalue weighted by Gasteiger charge is -2.07. The summed E-state index contributed by atoms with van der Waals surface area (Å²) in [7, 11) is 0. The van der Waals surface area contributed by atoms with Gasteiger partial charge in [0.1, 0.15) is 18.1 Å². The van der Waals surface area contributed by atoms with E-state index in [1.807, 2.05) is 0 Å². The highest BCUT2D eigenvalue weighted by molar-refractivity contribution is 6.35. The van der Waals surface area contributed by atoms with Crippen LogP contribution in [-0.2, 0) is 16.1 Å². The molecule has 3 aromatic rings. The van der Waals surface area contributed by atoms with E-state index in [-0.39, 0.29) is 13.2 Å². The van der Waals surface area contributed by atoms with Gasteiger partial charge < -0.3 is 18.4 Å². The van der Waals surface area contributed by atoms with Crippen LogP contribution in [0.5, 0.6) is 5.75 Å². The summed E-state index contributed by atoms with van der Waals surface area (Å²) >= 11 is 11.7. The Morgan fingerprint density at radius 2 is 2.04 bits per heavy atom. The summed E-state index contributed by atoms with van der Waals surface area (Å²) in [6.45, 7) is -0.328. The zero-order valence-corrected chi connectivity index (χ0v) is 13.7. The predicted octanol–water partition coefficient (Wildman–Crippen LogP) is 4.36. The van der Waals surface area contributed by atoms with Crippen LogP contribution in [0, 0.1) is 0 Å². The molecule has 2 heterocycles. The number of halogens is 2. The second-order valence-electron chi connectivity index (χ2n) is 4.68. The molecule has 0 saturated heterocycles. The van der Waals surface area contributed by atoms with E-state index in [1.165, 1.54) is 12.3 Å². The number of hydrogen-bond donors (Lipinski definition) is 0. The van der Waals surface area contributed by atoms with Crippen molar-refractivity contribution in [2.75, 3.05) is 6.61 Å². The van der Waals surface area contributed by atoms with Gasteiger partial charge in [0.2, 0.25) is 5.76 Å². The van der Waals surface area contributed by atoms with Gasteiger partial charge >= 0.3 is 5.97 Å². The van der Waals surface area contributed by atoms with Crippen LogP contribution in [-0.4, -0.2) is 17.7 Å². The van der Waals surface area contributed by atoms with E-state index in [0.717, 1.165) is 0 Å². The van der Waals surface area contributed by atoms with E-state index in [4.69, 9.17) is 41.6 Å². The number of benzene rings is 1. The van der Waals surface area contributed by atoms with Crippen molar-refractivity contribution in [1.29, 1.82) is 0 Å². The molecule has 3 rings (SSSR count). The Morgan fingerprint density at radius 1 is 1.17 bits per heavy atom. The molecule has 124 valence electrons. The van der Waals surface area contributed by atoms with Gasteiger partial charge in [-0.05, 0) is 30.3 Å². The lowest BCUT2D eigenvalue weighted by atomic mass is 10.3. The summed E-state index contributed by atoms with van der Waals surface area (Å²) in [5.74, 6) is 0.777. The van der Waals surface area contributed by atoms with E-state index < -0.39 is 5.97 Å². The maximum Gasteiger partial charge on any atom is 0.344 e. The van der Waals surface area contributed by atoms with Crippen molar-refractivity contribution in [1.82, 2.24) is 5.16 Å². The first kappa shape index (κ1) is 16.4. The second-order valence-corrected chi connectivity index (χ2v) is 5.53. The highest BCUT2D eigenvalue weighted by atomic mass is 35.5. The van der Waals surface area contributed by atoms with Gasteiger partial charge in [-0.2, -0.15) is 0 Å². The van der Waals surface area contributed by atoms with Gasteiger partial charge in [0.15, 0.2) is 12.4 Å². The van der Waals surface area contributed by atoms with E-state index in [1.54, 1.807) is 30.3 Å². The fraction of sp³-hybridized carbons (Fsp3) is 0.125. The van der Waals surface area contributed by atoms with Crippen molar-refractivity contribution in [3.05, 3.63) is 58.4 Å². The Balaban J connectivity index is 1.49. The first-order chi connectivity index (χ1) is 11.6. The molecule has 0 radical (unpaired) electrons. The molecule has 0 N–H and O–H groups in total. The van der Waals surface area contributed by atoms with Gasteiger partial charge in [0, 0.05) is 11.1 Å². The van der Waals surface area contributed by atoms with Crippen LogP contribution in [0.25, 0.3) is 11.5 Å². The van der Waals surface area contributed by atoms with Crippen LogP contribution in [0.2, 0.25) is 10.0 Å². The van der Waals surface area contributed by atoms with Crippen LogP contribution in [0.3, 0.4) is 0 Å². The van der Waals surface area contributed by atoms with Crippen LogP contribution in [0.4, 0.5) is 0 Å². The number of hydrogen-bond acceptors (Lipinski definition) is 6. The monoisotopic (exact) mass is 367 g/mol. The van der Waals surface area contributed by atoms with Crippen LogP contribution < -0.4 is 4.74 Å². The molecule has 0 unspecified atom stereocenters. The molecule has 0 amide bonds. The number of rotatable bonds is 6. The molecule has 8 heteroatoms. The number of esters is 1. The zero-order chi connectivity index (χ0) is 16.9. The molecule has 0 fully saturated rings. The SMILES string of the molecule is O=C(COc1ccc(Cl)cc1Cl)OCc1cc(-c2ccco2)on1. The van der Waals surface area contributed by atoms with Gasteiger partial charge in [0.25, 0.3) is 0 Å². The smallest absolute Gasteiger partial charge is 0.344 e. The maximum absolute atomic E-state index is 11.7. The third-order valence-electron chi connectivity index (χ3n) is 2.94. The van der Waals surface area contributed by atoms with Gasteiger partial charge in [0.05, 0.1) is 11.3 Å². The van der Waals surface area contributed by atoms with E-state index in [0.29, 0.717) is 33.0 Å². The minimum Gasteiger partial charge on any atom is -0.480 e. The predicted molar refractivity (Wildman–Crippen MR) is 86.0 cm³/mol. The molecule has 0 spiro atoms. The van der Waals surface area contributed by atoms with Crippen molar-refractivity contribution in [3.63, 3.8) is 0 Å². The number of aromatic nitrogens is 1. The fourth-order valence-electron chi connectivity index (χ4n) is 1.84. The van der Waals surface area contributed by atoms with Crippen molar-refractivity contribution in [3.8, 4) is 17.3 Å².